The van der Waals surface area contributed by atoms with Crippen LogP contribution in [-0.4, -0.2) is 50.4 Å². The Bertz CT molecular complexity index is 598. The molecule has 0 radical (unpaired) electrons. The summed E-state index contributed by atoms with van der Waals surface area (Å²) in [7, 11) is -1.23. The topological polar surface area (TPSA) is 66.5 Å². The zero-order chi connectivity index (χ0) is 14.8. The largest absolute Gasteiger partial charge is 0.387 e. The van der Waals surface area contributed by atoms with Gasteiger partial charge in [0.1, 0.15) is 0 Å². The van der Waals surface area contributed by atoms with E-state index in [2.05, 4.69) is 5.32 Å². The lowest BCUT2D eigenvalue weighted by atomic mass is 10.1. The summed E-state index contributed by atoms with van der Waals surface area (Å²) in [4.78, 5) is 14.3. The van der Waals surface area contributed by atoms with Gasteiger partial charge in [-0.15, -0.1) is 0 Å². The van der Waals surface area contributed by atoms with Gasteiger partial charge < -0.3 is 10.2 Å². The second-order valence-corrected chi connectivity index (χ2v) is 7.17. The summed E-state index contributed by atoms with van der Waals surface area (Å²) in [5, 5.41) is 3.00. The van der Waals surface area contributed by atoms with Crippen molar-refractivity contribution in [1.29, 1.82) is 0 Å². The SMILES string of the molecule is CCN(C(=O)c1ccccc1NC)C1CCS(=O)(=O)C1. The van der Waals surface area contributed by atoms with Gasteiger partial charge in [0.05, 0.1) is 17.1 Å². The summed E-state index contributed by atoms with van der Waals surface area (Å²) < 4.78 is 23.2. The van der Waals surface area contributed by atoms with Crippen molar-refractivity contribution in [1.82, 2.24) is 4.90 Å². The molecule has 6 heteroatoms. The fourth-order valence-electron chi connectivity index (χ4n) is 2.63. The fourth-order valence-corrected chi connectivity index (χ4v) is 4.36. The van der Waals surface area contributed by atoms with E-state index in [1.807, 2.05) is 25.1 Å². The average Bonchev–Trinajstić information content (AvgIpc) is 2.79. The van der Waals surface area contributed by atoms with Crippen molar-refractivity contribution in [3.63, 3.8) is 0 Å². The van der Waals surface area contributed by atoms with Crippen LogP contribution in [-0.2, 0) is 9.84 Å². The highest BCUT2D eigenvalue weighted by molar-refractivity contribution is 7.91. The van der Waals surface area contributed by atoms with Crippen LogP contribution < -0.4 is 5.32 Å². The Morgan fingerprint density at radius 1 is 1.40 bits per heavy atom. The number of sulfone groups is 1. The number of nitrogens with one attached hydrogen (secondary N) is 1. The van der Waals surface area contributed by atoms with Crippen LogP contribution in [0.2, 0.25) is 0 Å². The Morgan fingerprint density at radius 3 is 2.65 bits per heavy atom. The molecular weight excluding hydrogens is 276 g/mol. The van der Waals surface area contributed by atoms with Crippen molar-refractivity contribution in [2.45, 2.75) is 19.4 Å². The van der Waals surface area contributed by atoms with Crippen molar-refractivity contribution in [3.8, 4) is 0 Å². The van der Waals surface area contributed by atoms with E-state index < -0.39 is 9.84 Å². The Balaban J connectivity index is 2.26. The molecule has 1 aliphatic rings. The van der Waals surface area contributed by atoms with Crippen LogP contribution in [0, 0.1) is 0 Å². The fraction of sp³-hybridized carbons (Fsp3) is 0.500. The summed E-state index contributed by atoms with van der Waals surface area (Å²) in [5.74, 6) is 0.142. The average molecular weight is 296 g/mol. The summed E-state index contributed by atoms with van der Waals surface area (Å²) in [6.07, 6.45) is 0.531. The molecule has 1 amide bonds. The number of carbonyl (C=O) groups excluding carboxylic acids is 1. The van der Waals surface area contributed by atoms with Crippen molar-refractivity contribution < 1.29 is 13.2 Å². The van der Waals surface area contributed by atoms with Crippen LogP contribution in [0.15, 0.2) is 24.3 Å². The van der Waals surface area contributed by atoms with Gasteiger partial charge in [-0.2, -0.15) is 0 Å². The van der Waals surface area contributed by atoms with Crippen molar-refractivity contribution in [3.05, 3.63) is 29.8 Å². The minimum Gasteiger partial charge on any atom is -0.387 e. The van der Waals surface area contributed by atoms with E-state index in [-0.39, 0.29) is 23.5 Å². The molecular formula is C14H20N2O3S. The number of hydrogen-bond acceptors (Lipinski definition) is 4. The van der Waals surface area contributed by atoms with Crippen LogP contribution in [0.5, 0.6) is 0 Å². The lowest BCUT2D eigenvalue weighted by Crippen LogP contribution is -2.41. The highest BCUT2D eigenvalue weighted by atomic mass is 32.2. The number of carbonyl (C=O) groups is 1. The van der Waals surface area contributed by atoms with Gasteiger partial charge in [0, 0.05) is 25.3 Å². The maximum Gasteiger partial charge on any atom is 0.256 e. The van der Waals surface area contributed by atoms with Gasteiger partial charge >= 0.3 is 0 Å². The van der Waals surface area contributed by atoms with E-state index in [1.165, 1.54) is 0 Å². The maximum atomic E-state index is 12.6. The standard InChI is InChI=1S/C14H20N2O3S/c1-3-16(11-8-9-20(18,19)10-11)14(17)12-6-4-5-7-13(12)15-2/h4-7,11,15H,3,8-10H2,1-2H3. The van der Waals surface area contributed by atoms with Gasteiger partial charge in [-0.3, -0.25) is 4.79 Å². The number of hydrogen-bond donors (Lipinski definition) is 1. The van der Waals surface area contributed by atoms with E-state index in [4.69, 9.17) is 0 Å². The second kappa shape index (κ2) is 5.83. The van der Waals surface area contributed by atoms with E-state index in [9.17, 15) is 13.2 Å². The molecule has 1 fully saturated rings. The lowest BCUT2D eigenvalue weighted by Gasteiger charge is -2.27. The molecule has 110 valence electrons. The molecule has 0 spiro atoms. The zero-order valence-corrected chi connectivity index (χ0v) is 12.6. The van der Waals surface area contributed by atoms with Gasteiger partial charge in [-0.25, -0.2) is 8.42 Å². The van der Waals surface area contributed by atoms with Crippen molar-refractivity contribution in [2.24, 2.45) is 0 Å². The molecule has 1 unspecified atom stereocenters. The normalized spacial score (nSPS) is 20.6. The molecule has 0 aromatic heterocycles. The molecule has 1 aromatic rings. The van der Waals surface area contributed by atoms with Crippen molar-refractivity contribution in [2.75, 3.05) is 30.4 Å². The first kappa shape index (κ1) is 14.8. The molecule has 1 aromatic carbocycles. The van der Waals surface area contributed by atoms with Gasteiger partial charge in [-0.05, 0) is 25.5 Å². The van der Waals surface area contributed by atoms with Crippen LogP contribution in [0.3, 0.4) is 0 Å². The summed E-state index contributed by atoms with van der Waals surface area (Å²) in [6, 6.07) is 7.07. The number of rotatable bonds is 4. The molecule has 0 saturated carbocycles. The molecule has 0 aliphatic carbocycles. The zero-order valence-electron chi connectivity index (χ0n) is 11.8. The molecule has 1 saturated heterocycles. The Morgan fingerprint density at radius 2 is 2.10 bits per heavy atom. The predicted molar refractivity (Wildman–Crippen MR) is 79.8 cm³/mol. The second-order valence-electron chi connectivity index (χ2n) is 4.94. The molecule has 1 N–H and O–H groups in total. The maximum absolute atomic E-state index is 12.6. The summed E-state index contributed by atoms with van der Waals surface area (Å²) in [6.45, 7) is 2.39. The third-order valence-electron chi connectivity index (χ3n) is 3.68. The van der Waals surface area contributed by atoms with Crippen LogP contribution in [0.1, 0.15) is 23.7 Å². The number of anilines is 1. The van der Waals surface area contributed by atoms with Gasteiger partial charge in [0.2, 0.25) is 0 Å². The first-order valence-electron chi connectivity index (χ1n) is 6.76. The van der Waals surface area contributed by atoms with Crippen LogP contribution in [0.25, 0.3) is 0 Å². The number of amides is 1. The Labute approximate surface area is 119 Å². The molecule has 1 aliphatic heterocycles. The molecule has 2 rings (SSSR count). The number of nitrogens with zero attached hydrogens (tertiary/aromatic N) is 1. The third kappa shape index (κ3) is 2.95. The minimum atomic E-state index is -2.99. The van der Waals surface area contributed by atoms with Crippen molar-refractivity contribution >= 4 is 21.4 Å². The Kier molecular flexibility index (Phi) is 4.32. The molecule has 0 bridgehead atoms. The van der Waals surface area contributed by atoms with Gasteiger partial charge in [-0.1, -0.05) is 12.1 Å². The van der Waals surface area contributed by atoms with Gasteiger partial charge in [0.15, 0.2) is 9.84 Å². The van der Waals surface area contributed by atoms with Crippen LogP contribution in [0.4, 0.5) is 5.69 Å². The van der Waals surface area contributed by atoms with Gasteiger partial charge in [0.25, 0.3) is 5.91 Å². The molecule has 20 heavy (non-hydrogen) atoms. The molecule has 1 heterocycles. The van der Waals surface area contributed by atoms with E-state index in [0.29, 0.717) is 18.5 Å². The van der Waals surface area contributed by atoms with E-state index in [1.54, 1.807) is 18.0 Å². The first-order chi connectivity index (χ1) is 9.48. The minimum absolute atomic E-state index is 0.0777. The number of benzene rings is 1. The highest BCUT2D eigenvalue weighted by Crippen LogP contribution is 2.22. The smallest absolute Gasteiger partial charge is 0.256 e. The molecule has 1 atom stereocenters. The predicted octanol–water partition coefficient (Wildman–Crippen LogP) is 1.38. The Hall–Kier alpha value is -1.56. The third-order valence-corrected chi connectivity index (χ3v) is 5.43. The van der Waals surface area contributed by atoms with E-state index in [0.717, 1.165) is 5.69 Å². The van der Waals surface area contributed by atoms with Crippen LogP contribution >= 0.6 is 0 Å². The highest BCUT2D eigenvalue weighted by Gasteiger charge is 2.34. The monoisotopic (exact) mass is 296 g/mol. The summed E-state index contributed by atoms with van der Waals surface area (Å²) in [5.41, 5.74) is 1.35. The quantitative estimate of drug-likeness (QED) is 0.911. The summed E-state index contributed by atoms with van der Waals surface area (Å²) >= 11 is 0. The lowest BCUT2D eigenvalue weighted by molar-refractivity contribution is 0.0709. The molecule has 5 nitrogen and oxygen atoms in total. The van der Waals surface area contributed by atoms with E-state index >= 15 is 0 Å². The number of para-hydroxylation sites is 1. The first-order valence-corrected chi connectivity index (χ1v) is 8.59.